The normalized spacial score (nSPS) is 26.0. The van der Waals surface area contributed by atoms with Gasteiger partial charge in [0.25, 0.3) is 0 Å². The van der Waals surface area contributed by atoms with Gasteiger partial charge in [-0.15, -0.1) is 11.3 Å². The Labute approximate surface area is 109 Å². The molecule has 1 fully saturated rings. The van der Waals surface area contributed by atoms with E-state index >= 15 is 0 Å². The summed E-state index contributed by atoms with van der Waals surface area (Å²) in [5, 5.41) is 4.92. The number of rotatable bonds is 4. The van der Waals surface area contributed by atoms with Gasteiger partial charge in [-0.25, -0.2) is 4.98 Å². The fraction of sp³-hybridized carbons (Fsp3) is 0.786. The van der Waals surface area contributed by atoms with E-state index in [9.17, 15) is 0 Å². The lowest BCUT2D eigenvalue weighted by molar-refractivity contribution is 0.160. The summed E-state index contributed by atoms with van der Waals surface area (Å²) in [6, 6.07) is 1.18. The minimum atomic E-state index is 0.458. The molecule has 1 aliphatic rings. The Hall–Kier alpha value is -0.410. The molecule has 0 aromatic carbocycles. The zero-order valence-corrected chi connectivity index (χ0v) is 12.4. The van der Waals surface area contributed by atoms with Crippen LogP contribution < -0.4 is 5.32 Å². The van der Waals surface area contributed by atoms with E-state index in [1.54, 1.807) is 0 Å². The van der Waals surface area contributed by atoms with Gasteiger partial charge in [0.05, 0.1) is 10.7 Å². The summed E-state index contributed by atoms with van der Waals surface area (Å²) in [6.45, 7) is 11.1. The largest absolute Gasteiger partial charge is 0.307 e. The van der Waals surface area contributed by atoms with E-state index in [0.717, 1.165) is 17.9 Å². The summed E-state index contributed by atoms with van der Waals surface area (Å²) < 4.78 is 0. The van der Waals surface area contributed by atoms with Crippen LogP contribution in [-0.2, 0) is 0 Å². The molecule has 1 saturated carbocycles. The van der Waals surface area contributed by atoms with Crippen LogP contribution in [0, 0.1) is 25.7 Å². The maximum absolute atomic E-state index is 4.50. The molecule has 2 nitrogen and oxygen atoms in total. The van der Waals surface area contributed by atoms with Gasteiger partial charge in [0.2, 0.25) is 0 Å². The van der Waals surface area contributed by atoms with Crippen molar-refractivity contribution in [3.05, 3.63) is 15.6 Å². The van der Waals surface area contributed by atoms with E-state index in [4.69, 9.17) is 0 Å². The minimum Gasteiger partial charge on any atom is -0.307 e. The number of aryl methyl sites for hydroxylation is 2. The lowest BCUT2D eigenvalue weighted by Crippen LogP contribution is -2.43. The topological polar surface area (TPSA) is 24.9 Å². The van der Waals surface area contributed by atoms with Crippen molar-refractivity contribution in [3.63, 3.8) is 0 Å². The summed E-state index contributed by atoms with van der Waals surface area (Å²) >= 11 is 1.83. The van der Waals surface area contributed by atoms with Gasteiger partial charge in [0.15, 0.2) is 0 Å². The highest BCUT2D eigenvalue weighted by Crippen LogP contribution is 2.35. The van der Waals surface area contributed by atoms with Crippen LogP contribution in [0.5, 0.6) is 0 Å². The second kappa shape index (κ2) is 5.07. The third-order valence-corrected chi connectivity index (χ3v) is 5.19. The van der Waals surface area contributed by atoms with Crippen molar-refractivity contribution in [1.82, 2.24) is 10.3 Å². The van der Waals surface area contributed by atoms with Gasteiger partial charge in [-0.2, -0.15) is 0 Å². The molecule has 0 spiro atoms. The van der Waals surface area contributed by atoms with Crippen molar-refractivity contribution in [2.24, 2.45) is 11.8 Å². The van der Waals surface area contributed by atoms with Gasteiger partial charge >= 0.3 is 0 Å². The molecule has 2 rings (SSSR count). The molecule has 0 aliphatic heterocycles. The summed E-state index contributed by atoms with van der Waals surface area (Å²) in [5.41, 5.74) is 1.20. The molecule has 0 bridgehead atoms. The zero-order valence-electron chi connectivity index (χ0n) is 11.6. The molecule has 3 heteroatoms. The van der Waals surface area contributed by atoms with Crippen LogP contribution in [0.25, 0.3) is 0 Å². The van der Waals surface area contributed by atoms with Crippen molar-refractivity contribution in [2.45, 2.75) is 59.5 Å². The molecule has 1 unspecified atom stereocenters. The Balaban J connectivity index is 1.87. The van der Waals surface area contributed by atoms with Crippen LogP contribution in [0.3, 0.4) is 0 Å². The van der Waals surface area contributed by atoms with E-state index in [0.29, 0.717) is 6.04 Å². The smallest absolute Gasteiger partial charge is 0.0900 e. The maximum atomic E-state index is 4.50. The Bertz CT molecular complexity index is 378. The van der Waals surface area contributed by atoms with Crippen LogP contribution in [0.1, 0.15) is 55.2 Å². The van der Waals surface area contributed by atoms with Gasteiger partial charge in [0.1, 0.15) is 0 Å². The third kappa shape index (κ3) is 2.89. The van der Waals surface area contributed by atoms with Crippen LogP contribution in [0.15, 0.2) is 0 Å². The number of hydrogen-bond donors (Lipinski definition) is 1. The third-order valence-electron chi connectivity index (χ3n) is 3.94. The summed E-state index contributed by atoms with van der Waals surface area (Å²) in [7, 11) is 0. The van der Waals surface area contributed by atoms with Gasteiger partial charge in [-0.3, -0.25) is 0 Å². The predicted octanol–water partition coefficient (Wildman–Crippen LogP) is 3.85. The van der Waals surface area contributed by atoms with E-state index < -0.39 is 0 Å². The lowest BCUT2D eigenvalue weighted by Gasteiger charge is -2.40. The van der Waals surface area contributed by atoms with Crippen molar-refractivity contribution in [1.29, 1.82) is 0 Å². The maximum Gasteiger partial charge on any atom is 0.0900 e. The van der Waals surface area contributed by atoms with Gasteiger partial charge in [-0.05, 0) is 45.4 Å². The molecule has 1 aromatic rings. The van der Waals surface area contributed by atoms with Crippen molar-refractivity contribution in [2.75, 3.05) is 0 Å². The first kappa shape index (κ1) is 13.0. The van der Waals surface area contributed by atoms with Crippen LogP contribution >= 0.6 is 11.3 Å². The SMILES string of the molecule is Cc1nc(C)c(C(C)NC2CC(C(C)C)C2)s1. The van der Waals surface area contributed by atoms with E-state index in [2.05, 4.69) is 44.9 Å². The molecule has 96 valence electrons. The van der Waals surface area contributed by atoms with Gasteiger partial charge in [-0.1, -0.05) is 13.8 Å². The van der Waals surface area contributed by atoms with Crippen molar-refractivity contribution >= 4 is 11.3 Å². The van der Waals surface area contributed by atoms with Crippen molar-refractivity contribution in [3.8, 4) is 0 Å². The summed E-state index contributed by atoms with van der Waals surface area (Å²) in [5.74, 6) is 1.78. The Morgan fingerprint density at radius 3 is 2.35 bits per heavy atom. The monoisotopic (exact) mass is 252 g/mol. The van der Waals surface area contributed by atoms with E-state index in [1.807, 2.05) is 11.3 Å². The zero-order chi connectivity index (χ0) is 12.6. The van der Waals surface area contributed by atoms with E-state index in [1.165, 1.54) is 28.4 Å². The fourth-order valence-corrected chi connectivity index (χ4v) is 3.66. The summed E-state index contributed by atoms with van der Waals surface area (Å²) in [6.07, 6.45) is 2.69. The molecular formula is C14H24N2S. The van der Waals surface area contributed by atoms with Crippen LogP contribution in [0.2, 0.25) is 0 Å². The molecule has 17 heavy (non-hydrogen) atoms. The molecule has 0 amide bonds. The van der Waals surface area contributed by atoms with Gasteiger partial charge < -0.3 is 5.32 Å². The number of thiazole rings is 1. The minimum absolute atomic E-state index is 0.458. The molecule has 1 heterocycles. The second-order valence-corrected chi connectivity index (χ2v) is 6.98. The average Bonchev–Trinajstić information content (AvgIpc) is 2.49. The number of nitrogens with zero attached hydrogens (tertiary/aromatic N) is 1. The first-order valence-electron chi connectivity index (χ1n) is 6.67. The number of hydrogen-bond acceptors (Lipinski definition) is 3. The molecule has 1 aliphatic carbocycles. The quantitative estimate of drug-likeness (QED) is 0.880. The number of aromatic nitrogens is 1. The van der Waals surface area contributed by atoms with Crippen LogP contribution in [0.4, 0.5) is 0 Å². The Kier molecular flexibility index (Phi) is 3.88. The first-order valence-corrected chi connectivity index (χ1v) is 7.49. The van der Waals surface area contributed by atoms with E-state index in [-0.39, 0.29) is 0 Å². The fourth-order valence-electron chi connectivity index (χ4n) is 2.72. The standard InChI is InChI=1S/C14H24N2S/c1-8(2)12-6-13(7-12)16-10(4)14-9(3)15-11(5)17-14/h8,10,12-13,16H,6-7H2,1-5H3. The number of nitrogens with one attached hydrogen (secondary N) is 1. The highest BCUT2D eigenvalue weighted by Gasteiger charge is 2.32. The second-order valence-electron chi connectivity index (χ2n) is 5.74. The van der Waals surface area contributed by atoms with Crippen LogP contribution in [-0.4, -0.2) is 11.0 Å². The van der Waals surface area contributed by atoms with Gasteiger partial charge in [0, 0.05) is 17.0 Å². The highest BCUT2D eigenvalue weighted by molar-refractivity contribution is 7.11. The van der Waals surface area contributed by atoms with Crippen molar-refractivity contribution < 1.29 is 0 Å². The molecule has 1 N–H and O–H groups in total. The molecule has 1 atom stereocenters. The Morgan fingerprint density at radius 1 is 1.24 bits per heavy atom. The molecule has 0 saturated heterocycles. The lowest BCUT2D eigenvalue weighted by atomic mass is 9.73. The molecule has 1 aromatic heterocycles. The highest BCUT2D eigenvalue weighted by atomic mass is 32.1. The average molecular weight is 252 g/mol. The first-order chi connectivity index (χ1) is 7.97. The Morgan fingerprint density at radius 2 is 1.88 bits per heavy atom. The predicted molar refractivity (Wildman–Crippen MR) is 74.5 cm³/mol. The molecule has 0 radical (unpaired) electrons. The summed E-state index contributed by atoms with van der Waals surface area (Å²) in [4.78, 5) is 5.92. The molecular weight excluding hydrogens is 228 g/mol.